The molecule has 19 heavy (non-hydrogen) atoms. The third-order valence-corrected chi connectivity index (χ3v) is 4.54. The van der Waals surface area contributed by atoms with Gasteiger partial charge < -0.3 is 0 Å². The van der Waals surface area contributed by atoms with Gasteiger partial charge in [-0.05, 0) is 43.2 Å². The van der Waals surface area contributed by atoms with Gasteiger partial charge in [-0.15, -0.1) is 0 Å². The minimum absolute atomic E-state index is 0.0602. The van der Waals surface area contributed by atoms with Crippen LogP contribution in [0.4, 0.5) is 4.39 Å². The predicted octanol–water partition coefficient (Wildman–Crippen LogP) is 3.85. The maximum Gasteiger partial charge on any atom is 0.128 e. The Hall–Kier alpha value is -0.930. The summed E-state index contributed by atoms with van der Waals surface area (Å²) in [6, 6.07) is 5.38. The summed E-state index contributed by atoms with van der Waals surface area (Å²) in [7, 11) is 0. The maximum absolute atomic E-state index is 14.1. The van der Waals surface area contributed by atoms with Crippen molar-refractivity contribution in [3.05, 3.63) is 35.1 Å². The predicted molar refractivity (Wildman–Crippen MR) is 76.9 cm³/mol. The van der Waals surface area contributed by atoms with Crippen molar-refractivity contribution in [3.63, 3.8) is 0 Å². The number of halogens is 1. The van der Waals surface area contributed by atoms with Crippen LogP contribution in [0.3, 0.4) is 0 Å². The second-order valence-electron chi connectivity index (χ2n) is 5.87. The lowest BCUT2D eigenvalue weighted by Gasteiger charge is -2.34. The Bertz CT molecular complexity index is 419. The number of hydrogen-bond donors (Lipinski definition) is 2. The second-order valence-corrected chi connectivity index (χ2v) is 5.87. The second kappa shape index (κ2) is 6.49. The highest BCUT2D eigenvalue weighted by Gasteiger charge is 2.29. The molecule has 106 valence electrons. The van der Waals surface area contributed by atoms with Crippen molar-refractivity contribution in [3.8, 4) is 0 Å². The summed E-state index contributed by atoms with van der Waals surface area (Å²) in [5, 5.41) is 0. The van der Waals surface area contributed by atoms with Crippen molar-refractivity contribution in [1.29, 1.82) is 0 Å². The van der Waals surface area contributed by atoms with Crippen LogP contribution in [0.1, 0.15) is 56.2 Å². The van der Waals surface area contributed by atoms with Gasteiger partial charge in [-0.3, -0.25) is 11.3 Å². The van der Waals surface area contributed by atoms with Gasteiger partial charge in [0, 0.05) is 5.56 Å². The van der Waals surface area contributed by atoms with E-state index in [1.165, 1.54) is 19.3 Å². The summed E-state index contributed by atoms with van der Waals surface area (Å²) in [4.78, 5) is 0. The Balaban J connectivity index is 2.19. The average molecular weight is 264 g/mol. The quantitative estimate of drug-likeness (QED) is 0.640. The molecular weight excluding hydrogens is 239 g/mol. The zero-order chi connectivity index (χ0) is 13.8. The molecule has 3 unspecified atom stereocenters. The third kappa shape index (κ3) is 3.34. The molecule has 0 aliphatic heterocycles. The van der Waals surface area contributed by atoms with Crippen LogP contribution in [-0.4, -0.2) is 0 Å². The van der Waals surface area contributed by atoms with Crippen molar-refractivity contribution < 1.29 is 4.39 Å². The molecule has 0 bridgehead atoms. The first kappa shape index (κ1) is 14.5. The van der Waals surface area contributed by atoms with Gasteiger partial charge in [-0.2, -0.15) is 0 Å². The van der Waals surface area contributed by atoms with Crippen molar-refractivity contribution in [2.45, 2.75) is 52.0 Å². The van der Waals surface area contributed by atoms with E-state index in [2.05, 4.69) is 12.3 Å². The molecule has 0 spiro atoms. The molecule has 1 aliphatic rings. The third-order valence-electron chi connectivity index (χ3n) is 4.54. The first-order chi connectivity index (χ1) is 9.15. The molecule has 3 atom stereocenters. The number of rotatable bonds is 4. The van der Waals surface area contributed by atoms with E-state index < -0.39 is 0 Å². The Labute approximate surface area is 115 Å². The van der Waals surface area contributed by atoms with Gasteiger partial charge in [-0.25, -0.2) is 4.39 Å². The van der Waals surface area contributed by atoms with E-state index in [9.17, 15) is 4.39 Å². The fraction of sp³-hybridized carbons (Fsp3) is 0.625. The fourth-order valence-electron chi connectivity index (χ4n) is 3.37. The van der Waals surface area contributed by atoms with Crippen LogP contribution in [0.5, 0.6) is 0 Å². The monoisotopic (exact) mass is 264 g/mol. The highest BCUT2D eigenvalue weighted by molar-refractivity contribution is 5.26. The lowest BCUT2D eigenvalue weighted by molar-refractivity contribution is 0.207. The molecule has 1 aromatic rings. The van der Waals surface area contributed by atoms with Gasteiger partial charge >= 0.3 is 0 Å². The van der Waals surface area contributed by atoms with E-state index in [0.29, 0.717) is 5.92 Å². The zero-order valence-electron chi connectivity index (χ0n) is 12.0. The molecular formula is C16H25FN2. The minimum atomic E-state index is -0.137. The normalized spacial score (nSPS) is 25.3. The van der Waals surface area contributed by atoms with Crippen molar-refractivity contribution in [2.75, 3.05) is 0 Å². The van der Waals surface area contributed by atoms with Crippen LogP contribution in [0.2, 0.25) is 0 Å². The highest BCUT2D eigenvalue weighted by Crippen LogP contribution is 2.38. The summed E-state index contributed by atoms with van der Waals surface area (Å²) < 4.78 is 14.1. The Morgan fingerprint density at radius 3 is 2.84 bits per heavy atom. The lowest BCUT2D eigenvalue weighted by Crippen LogP contribution is -2.36. The number of benzene rings is 1. The molecule has 2 nitrogen and oxygen atoms in total. The van der Waals surface area contributed by atoms with Gasteiger partial charge in [0.25, 0.3) is 0 Å². The first-order valence-corrected chi connectivity index (χ1v) is 7.37. The minimum Gasteiger partial charge on any atom is -0.271 e. The molecule has 1 aliphatic carbocycles. The maximum atomic E-state index is 14.1. The summed E-state index contributed by atoms with van der Waals surface area (Å²) >= 11 is 0. The molecule has 0 heterocycles. The number of aryl methyl sites for hydroxylation is 1. The van der Waals surface area contributed by atoms with Crippen LogP contribution < -0.4 is 11.3 Å². The molecule has 0 amide bonds. The average Bonchev–Trinajstić information content (AvgIpc) is 2.42. The van der Waals surface area contributed by atoms with E-state index in [1.807, 2.05) is 19.1 Å². The van der Waals surface area contributed by atoms with Crippen LogP contribution in [0.25, 0.3) is 0 Å². The van der Waals surface area contributed by atoms with Gasteiger partial charge in [0.1, 0.15) is 5.82 Å². The number of hydrogen-bond acceptors (Lipinski definition) is 2. The van der Waals surface area contributed by atoms with Crippen LogP contribution in [0.15, 0.2) is 18.2 Å². The standard InChI is InChI=1S/C16H25FN2/c1-3-12-5-4-6-13(10-12)16(19-18)14-8-7-11(2)9-15(14)17/h7-9,12-13,16,19H,3-6,10,18H2,1-2H3. The topological polar surface area (TPSA) is 38.0 Å². The number of nitrogens with one attached hydrogen (secondary N) is 1. The van der Waals surface area contributed by atoms with E-state index in [1.54, 1.807) is 6.07 Å². The zero-order valence-corrected chi connectivity index (χ0v) is 12.0. The van der Waals surface area contributed by atoms with E-state index in [4.69, 9.17) is 5.84 Å². The van der Waals surface area contributed by atoms with Crippen LogP contribution >= 0.6 is 0 Å². The number of hydrazine groups is 1. The van der Waals surface area contributed by atoms with Gasteiger partial charge in [-0.1, -0.05) is 38.3 Å². The van der Waals surface area contributed by atoms with E-state index >= 15 is 0 Å². The van der Waals surface area contributed by atoms with Crippen LogP contribution in [0, 0.1) is 24.6 Å². The van der Waals surface area contributed by atoms with Crippen LogP contribution in [-0.2, 0) is 0 Å². The Morgan fingerprint density at radius 1 is 1.42 bits per heavy atom. The Morgan fingerprint density at radius 2 is 2.21 bits per heavy atom. The summed E-state index contributed by atoms with van der Waals surface area (Å²) in [6.07, 6.45) is 6.04. The molecule has 0 aromatic heterocycles. The molecule has 0 saturated heterocycles. The summed E-state index contributed by atoms with van der Waals surface area (Å²) in [5.74, 6) is 6.79. The smallest absolute Gasteiger partial charge is 0.128 e. The van der Waals surface area contributed by atoms with Gasteiger partial charge in [0.15, 0.2) is 0 Å². The largest absolute Gasteiger partial charge is 0.271 e. The first-order valence-electron chi connectivity index (χ1n) is 7.37. The molecule has 0 radical (unpaired) electrons. The van der Waals surface area contributed by atoms with E-state index in [0.717, 1.165) is 29.9 Å². The highest BCUT2D eigenvalue weighted by atomic mass is 19.1. The van der Waals surface area contributed by atoms with Crippen molar-refractivity contribution in [1.82, 2.24) is 5.43 Å². The molecule has 3 N–H and O–H groups in total. The molecule has 1 fully saturated rings. The van der Waals surface area contributed by atoms with Crippen molar-refractivity contribution in [2.24, 2.45) is 17.7 Å². The fourth-order valence-corrected chi connectivity index (χ4v) is 3.37. The molecule has 1 aromatic carbocycles. The summed E-state index contributed by atoms with van der Waals surface area (Å²) in [5.41, 5.74) is 4.52. The SMILES string of the molecule is CCC1CCCC(C(NN)c2ccc(C)cc2F)C1. The molecule has 2 rings (SSSR count). The molecule has 1 saturated carbocycles. The van der Waals surface area contributed by atoms with Gasteiger partial charge in [0.2, 0.25) is 0 Å². The summed E-state index contributed by atoms with van der Waals surface area (Å²) in [6.45, 7) is 4.15. The van der Waals surface area contributed by atoms with Gasteiger partial charge in [0.05, 0.1) is 6.04 Å². The number of nitrogens with two attached hydrogens (primary N) is 1. The van der Waals surface area contributed by atoms with Crippen molar-refractivity contribution >= 4 is 0 Å². The Kier molecular flexibility index (Phi) is 4.94. The molecule has 3 heteroatoms. The van der Waals surface area contributed by atoms with E-state index in [-0.39, 0.29) is 11.9 Å². The lowest BCUT2D eigenvalue weighted by atomic mass is 9.75.